The van der Waals surface area contributed by atoms with E-state index in [0.717, 1.165) is 31.2 Å². The second-order valence-corrected chi connectivity index (χ2v) is 13.0. The van der Waals surface area contributed by atoms with Crippen LogP contribution in [0.3, 0.4) is 0 Å². The van der Waals surface area contributed by atoms with Crippen LogP contribution in [0.5, 0.6) is 0 Å². The van der Waals surface area contributed by atoms with Crippen molar-refractivity contribution in [1.82, 2.24) is 14.6 Å². The number of halogens is 5. The fourth-order valence-electron chi connectivity index (χ4n) is 6.06. The number of nitrogens with one attached hydrogen (secondary N) is 1. The van der Waals surface area contributed by atoms with Crippen molar-refractivity contribution in [2.24, 2.45) is 0 Å². The number of carbonyl (C=O) groups is 2. The number of pyridine rings is 1. The molecule has 1 unspecified atom stereocenters. The van der Waals surface area contributed by atoms with Gasteiger partial charge in [-0.1, -0.05) is 25.3 Å². The summed E-state index contributed by atoms with van der Waals surface area (Å²) >= 11 is 0. The number of aromatic nitrogens is 1. The molecule has 0 bridgehead atoms. The third kappa shape index (κ3) is 5.13. The molecule has 0 radical (unpaired) electrons. The number of anilines is 1. The molecule has 1 saturated carbocycles. The minimum Gasteiger partial charge on any atom is -0.348 e. The topological polar surface area (TPSA) is 99.7 Å². The highest BCUT2D eigenvalue weighted by Crippen LogP contribution is 2.36. The smallest absolute Gasteiger partial charge is 0.251 e. The third-order valence-electron chi connectivity index (χ3n) is 8.59. The summed E-state index contributed by atoms with van der Waals surface area (Å²) in [6, 6.07) is 6.85. The summed E-state index contributed by atoms with van der Waals surface area (Å²) in [4.78, 5) is 29.8. The van der Waals surface area contributed by atoms with E-state index in [1.165, 1.54) is 23.5 Å². The van der Waals surface area contributed by atoms with E-state index in [0.29, 0.717) is 32.7 Å². The molecule has 3 aliphatic rings. The second kappa shape index (κ2) is 11.5. The standard InChI is InChI=1S/C30H27F5N4O4S/c31-23-24(32)26(34)28(27(35)25(23)33)44(42,43)39-11-10-22(39)30(41)38(20-8-9-21-18(12-20)14-37-29(21)40)15-19-7-6-17(13-36-19)16-4-2-1-3-5-16/h6-9,12-13,16,22H,1-5,10-11,14-15H2,(H,37,40). The van der Waals surface area contributed by atoms with Gasteiger partial charge in [-0.05, 0) is 60.6 Å². The molecule has 3 aromatic rings. The van der Waals surface area contributed by atoms with Crippen molar-refractivity contribution < 1.29 is 40.0 Å². The average molecular weight is 635 g/mol. The summed E-state index contributed by atoms with van der Waals surface area (Å²) in [5.74, 6) is -13.0. The van der Waals surface area contributed by atoms with Crippen LogP contribution in [0, 0.1) is 29.1 Å². The van der Waals surface area contributed by atoms with E-state index in [-0.39, 0.29) is 32.0 Å². The summed E-state index contributed by atoms with van der Waals surface area (Å²) < 4.78 is 97.4. The van der Waals surface area contributed by atoms with Crippen molar-refractivity contribution in [3.63, 3.8) is 0 Å². The van der Waals surface area contributed by atoms with Crippen LogP contribution in [0.25, 0.3) is 0 Å². The van der Waals surface area contributed by atoms with Crippen molar-refractivity contribution in [3.05, 3.63) is 88.0 Å². The Morgan fingerprint density at radius 2 is 1.61 bits per heavy atom. The van der Waals surface area contributed by atoms with Crippen LogP contribution in [0.15, 0.2) is 41.4 Å². The van der Waals surface area contributed by atoms with E-state index < -0.39 is 56.0 Å². The summed E-state index contributed by atoms with van der Waals surface area (Å²) in [5.41, 5.74) is 2.87. The number of benzene rings is 2. The van der Waals surface area contributed by atoms with Gasteiger partial charge in [-0.25, -0.2) is 30.4 Å². The molecule has 2 amide bonds. The number of hydrogen-bond donors (Lipinski definition) is 1. The lowest BCUT2D eigenvalue weighted by atomic mass is 9.85. The molecule has 8 nitrogen and oxygen atoms in total. The Kier molecular flexibility index (Phi) is 7.91. The monoisotopic (exact) mass is 634 g/mol. The Balaban J connectivity index is 1.33. The highest BCUT2D eigenvalue weighted by molar-refractivity contribution is 7.89. The molecule has 14 heteroatoms. The summed E-state index contributed by atoms with van der Waals surface area (Å²) in [6.07, 6.45) is 7.27. The lowest BCUT2D eigenvalue weighted by molar-refractivity contribution is -0.125. The van der Waals surface area contributed by atoms with Crippen LogP contribution < -0.4 is 10.2 Å². The normalized spacial score (nSPS) is 18.9. The quantitative estimate of drug-likeness (QED) is 0.223. The Hall–Kier alpha value is -3.91. The lowest BCUT2D eigenvalue weighted by Gasteiger charge is -2.41. The molecule has 1 atom stereocenters. The average Bonchev–Trinajstić information content (AvgIpc) is 3.37. The first-order valence-electron chi connectivity index (χ1n) is 14.2. The van der Waals surface area contributed by atoms with Crippen molar-refractivity contribution in [3.8, 4) is 0 Å². The Labute approximate surface area is 249 Å². The number of hydrogen-bond acceptors (Lipinski definition) is 5. The first kappa shape index (κ1) is 30.1. The fourth-order valence-corrected chi connectivity index (χ4v) is 7.80. The van der Waals surface area contributed by atoms with Gasteiger partial charge >= 0.3 is 0 Å². The molecule has 2 fully saturated rings. The highest BCUT2D eigenvalue weighted by Gasteiger charge is 2.48. The van der Waals surface area contributed by atoms with Gasteiger partial charge in [0.15, 0.2) is 28.2 Å². The maximum Gasteiger partial charge on any atom is 0.251 e. The molecule has 44 heavy (non-hydrogen) atoms. The lowest BCUT2D eigenvalue weighted by Crippen LogP contribution is -2.59. The molecule has 3 heterocycles. The first-order chi connectivity index (χ1) is 21.0. The predicted octanol–water partition coefficient (Wildman–Crippen LogP) is 5.06. The zero-order valence-corrected chi connectivity index (χ0v) is 24.1. The largest absolute Gasteiger partial charge is 0.348 e. The Morgan fingerprint density at radius 3 is 2.23 bits per heavy atom. The van der Waals surface area contributed by atoms with Crippen LogP contribution in [0.2, 0.25) is 0 Å². The van der Waals surface area contributed by atoms with Crippen LogP contribution in [0.1, 0.15) is 71.6 Å². The van der Waals surface area contributed by atoms with E-state index >= 15 is 0 Å². The molecule has 6 rings (SSSR count). The molecule has 232 valence electrons. The molecule has 0 spiro atoms. The van der Waals surface area contributed by atoms with Gasteiger partial charge in [0.1, 0.15) is 6.04 Å². The van der Waals surface area contributed by atoms with Crippen LogP contribution in [-0.4, -0.2) is 42.1 Å². The second-order valence-electron chi connectivity index (χ2n) is 11.2. The van der Waals surface area contributed by atoms with E-state index in [4.69, 9.17) is 0 Å². The molecule has 1 N–H and O–H groups in total. The van der Waals surface area contributed by atoms with Gasteiger partial charge in [-0.15, -0.1) is 0 Å². The van der Waals surface area contributed by atoms with Gasteiger partial charge in [-0.3, -0.25) is 14.6 Å². The molecule has 1 aliphatic carbocycles. The molecular formula is C30H27F5N4O4S. The van der Waals surface area contributed by atoms with Crippen molar-refractivity contribution in [2.75, 3.05) is 11.4 Å². The summed E-state index contributed by atoms with van der Waals surface area (Å²) in [6.45, 7) is -0.289. The molecular weight excluding hydrogens is 607 g/mol. The minimum absolute atomic E-state index is 0.0665. The number of nitrogens with zero attached hydrogens (tertiary/aromatic N) is 3. The molecule has 1 aromatic heterocycles. The van der Waals surface area contributed by atoms with Gasteiger partial charge in [0.25, 0.3) is 5.91 Å². The first-order valence-corrected chi connectivity index (χ1v) is 15.6. The minimum atomic E-state index is -5.32. The maximum atomic E-state index is 14.5. The van der Waals surface area contributed by atoms with Crippen LogP contribution in [0.4, 0.5) is 27.6 Å². The zero-order valence-electron chi connectivity index (χ0n) is 23.3. The third-order valence-corrected chi connectivity index (χ3v) is 10.5. The molecule has 2 aliphatic heterocycles. The van der Waals surface area contributed by atoms with E-state index in [1.807, 2.05) is 6.07 Å². The van der Waals surface area contributed by atoms with E-state index in [9.17, 15) is 40.0 Å². The SMILES string of the molecule is O=C1NCc2cc(N(Cc3ccc(C4CCCCC4)cn3)C(=O)C3CCN3S(=O)(=O)c3c(F)c(F)c(F)c(F)c3F)ccc21. The van der Waals surface area contributed by atoms with Crippen molar-refractivity contribution >= 4 is 27.5 Å². The molecule has 1 saturated heterocycles. The van der Waals surface area contributed by atoms with Crippen molar-refractivity contribution in [1.29, 1.82) is 0 Å². The van der Waals surface area contributed by atoms with Gasteiger partial charge < -0.3 is 10.2 Å². The zero-order chi connectivity index (χ0) is 31.3. The Morgan fingerprint density at radius 1 is 0.932 bits per heavy atom. The predicted molar refractivity (Wildman–Crippen MR) is 147 cm³/mol. The number of amides is 2. The highest BCUT2D eigenvalue weighted by atomic mass is 32.2. The maximum absolute atomic E-state index is 14.5. The number of carbonyl (C=O) groups excluding carboxylic acids is 2. The summed E-state index contributed by atoms with van der Waals surface area (Å²) in [5, 5.41) is 2.68. The van der Waals surface area contributed by atoms with Gasteiger partial charge in [0.05, 0.1) is 12.2 Å². The number of fused-ring (bicyclic) bond motifs is 1. The van der Waals surface area contributed by atoms with E-state index in [1.54, 1.807) is 18.3 Å². The fraction of sp³-hybridized carbons (Fsp3) is 0.367. The van der Waals surface area contributed by atoms with Crippen molar-refractivity contribution in [2.45, 2.75) is 68.5 Å². The number of rotatable bonds is 7. The molecule has 2 aromatic carbocycles. The summed E-state index contributed by atoms with van der Waals surface area (Å²) in [7, 11) is -5.32. The van der Waals surface area contributed by atoms with Gasteiger partial charge in [-0.2, -0.15) is 4.31 Å². The Bertz CT molecular complexity index is 1730. The number of sulfonamides is 1. The van der Waals surface area contributed by atoms with E-state index in [2.05, 4.69) is 10.3 Å². The van der Waals surface area contributed by atoms with Crippen LogP contribution in [-0.2, 0) is 27.9 Å². The van der Waals surface area contributed by atoms with Gasteiger partial charge in [0, 0.05) is 30.5 Å². The van der Waals surface area contributed by atoms with Crippen LogP contribution >= 0.6 is 0 Å². The van der Waals surface area contributed by atoms with Gasteiger partial charge in [0.2, 0.25) is 21.7 Å².